The number of amides is 1. The van der Waals surface area contributed by atoms with Gasteiger partial charge in [0.05, 0.1) is 18.4 Å². The molecule has 106 valence electrons. The van der Waals surface area contributed by atoms with Gasteiger partial charge in [0.25, 0.3) is 5.91 Å². The van der Waals surface area contributed by atoms with Crippen molar-refractivity contribution in [3.05, 3.63) is 60.4 Å². The predicted octanol–water partition coefficient (Wildman–Crippen LogP) is 1.57. The zero-order valence-electron chi connectivity index (χ0n) is 11.1. The smallest absolute Gasteiger partial charge is 0.291 e. The molecule has 3 aromatic heterocycles. The van der Waals surface area contributed by atoms with Crippen molar-refractivity contribution < 1.29 is 9.21 Å². The highest BCUT2D eigenvalue weighted by Crippen LogP contribution is 2.12. The molecule has 0 radical (unpaired) electrons. The molecule has 0 fully saturated rings. The van der Waals surface area contributed by atoms with E-state index in [0.717, 1.165) is 0 Å². The van der Waals surface area contributed by atoms with Crippen LogP contribution < -0.4 is 11.1 Å². The SMILES string of the molecule is NCc1ccc(C(=O)Nc2ccc(-n3cccn3)nc2)o1. The normalized spacial score (nSPS) is 10.5. The highest BCUT2D eigenvalue weighted by molar-refractivity contribution is 6.02. The lowest BCUT2D eigenvalue weighted by molar-refractivity contribution is 0.0995. The maximum atomic E-state index is 12.0. The van der Waals surface area contributed by atoms with Crippen molar-refractivity contribution in [2.45, 2.75) is 6.54 Å². The Labute approximate surface area is 120 Å². The monoisotopic (exact) mass is 283 g/mol. The first-order valence-electron chi connectivity index (χ1n) is 6.32. The molecule has 3 aromatic rings. The Balaban J connectivity index is 1.71. The molecule has 7 heteroatoms. The van der Waals surface area contributed by atoms with E-state index >= 15 is 0 Å². The number of rotatable bonds is 4. The van der Waals surface area contributed by atoms with Crippen molar-refractivity contribution in [2.75, 3.05) is 5.32 Å². The lowest BCUT2D eigenvalue weighted by Gasteiger charge is -2.04. The number of nitrogens with zero attached hydrogens (tertiary/aromatic N) is 3. The molecule has 0 atom stereocenters. The fraction of sp³-hybridized carbons (Fsp3) is 0.0714. The molecule has 21 heavy (non-hydrogen) atoms. The molecule has 1 amide bonds. The average Bonchev–Trinajstić information content (AvgIpc) is 3.19. The van der Waals surface area contributed by atoms with Crippen LogP contribution in [0.4, 0.5) is 5.69 Å². The Morgan fingerprint density at radius 1 is 1.33 bits per heavy atom. The summed E-state index contributed by atoms with van der Waals surface area (Å²) < 4.78 is 6.91. The Morgan fingerprint density at radius 3 is 2.86 bits per heavy atom. The number of carbonyl (C=O) groups excluding carboxylic acids is 1. The Bertz CT molecular complexity index is 731. The number of carbonyl (C=O) groups is 1. The van der Waals surface area contributed by atoms with E-state index in [0.29, 0.717) is 17.3 Å². The number of nitrogens with two attached hydrogens (primary N) is 1. The first kappa shape index (κ1) is 13.1. The van der Waals surface area contributed by atoms with E-state index in [1.165, 1.54) is 0 Å². The van der Waals surface area contributed by atoms with Gasteiger partial charge < -0.3 is 15.5 Å². The molecule has 0 saturated heterocycles. The predicted molar refractivity (Wildman–Crippen MR) is 75.9 cm³/mol. The Morgan fingerprint density at radius 2 is 2.24 bits per heavy atom. The largest absolute Gasteiger partial charge is 0.455 e. The maximum absolute atomic E-state index is 12.0. The summed E-state index contributed by atoms with van der Waals surface area (Å²) in [6, 6.07) is 8.57. The number of aromatic nitrogens is 3. The molecule has 3 N–H and O–H groups in total. The summed E-state index contributed by atoms with van der Waals surface area (Å²) in [6.45, 7) is 0.257. The summed E-state index contributed by atoms with van der Waals surface area (Å²) in [5.41, 5.74) is 6.01. The van der Waals surface area contributed by atoms with Gasteiger partial charge in [0.1, 0.15) is 5.76 Å². The number of hydrogen-bond acceptors (Lipinski definition) is 5. The second-order valence-electron chi connectivity index (χ2n) is 4.28. The van der Waals surface area contributed by atoms with E-state index in [9.17, 15) is 4.79 Å². The molecule has 3 heterocycles. The number of hydrogen-bond donors (Lipinski definition) is 2. The second-order valence-corrected chi connectivity index (χ2v) is 4.28. The van der Waals surface area contributed by atoms with Gasteiger partial charge in [-0.3, -0.25) is 4.79 Å². The van der Waals surface area contributed by atoms with Crippen LogP contribution in [-0.2, 0) is 6.54 Å². The second kappa shape index (κ2) is 5.59. The topological polar surface area (TPSA) is 99.0 Å². The van der Waals surface area contributed by atoms with E-state index < -0.39 is 0 Å². The van der Waals surface area contributed by atoms with Crippen LogP contribution in [0.2, 0.25) is 0 Å². The van der Waals surface area contributed by atoms with Gasteiger partial charge in [-0.15, -0.1) is 0 Å². The summed E-state index contributed by atoms with van der Waals surface area (Å²) in [5, 5.41) is 6.78. The lowest BCUT2D eigenvalue weighted by Crippen LogP contribution is -2.11. The summed E-state index contributed by atoms with van der Waals surface area (Å²) >= 11 is 0. The molecule has 0 aromatic carbocycles. The van der Waals surface area contributed by atoms with Crippen molar-refractivity contribution >= 4 is 11.6 Å². The van der Waals surface area contributed by atoms with E-state index in [1.54, 1.807) is 47.5 Å². The third-order valence-corrected chi connectivity index (χ3v) is 2.83. The lowest BCUT2D eigenvalue weighted by atomic mass is 10.3. The van der Waals surface area contributed by atoms with Crippen molar-refractivity contribution in [3.63, 3.8) is 0 Å². The Kier molecular flexibility index (Phi) is 3.48. The molecule has 0 bridgehead atoms. The molecular formula is C14H13N5O2. The third-order valence-electron chi connectivity index (χ3n) is 2.83. The minimum atomic E-state index is -0.344. The molecule has 0 aliphatic carbocycles. The van der Waals surface area contributed by atoms with Gasteiger partial charge in [-0.05, 0) is 30.3 Å². The number of pyridine rings is 1. The third kappa shape index (κ3) is 2.82. The van der Waals surface area contributed by atoms with Crippen LogP contribution in [0.1, 0.15) is 16.3 Å². The van der Waals surface area contributed by atoms with Crippen LogP contribution in [0.5, 0.6) is 0 Å². The number of furan rings is 1. The number of anilines is 1. The van der Waals surface area contributed by atoms with Gasteiger partial charge in [-0.1, -0.05) is 0 Å². The maximum Gasteiger partial charge on any atom is 0.291 e. The van der Waals surface area contributed by atoms with Crippen LogP contribution in [0.15, 0.2) is 53.3 Å². The van der Waals surface area contributed by atoms with Gasteiger partial charge in [0, 0.05) is 12.4 Å². The first-order chi connectivity index (χ1) is 10.3. The minimum absolute atomic E-state index is 0.214. The fourth-order valence-electron chi connectivity index (χ4n) is 1.80. The number of nitrogens with one attached hydrogen (secondary N) is 1. The average molecular weight is 283 g/mol. The molecular weight excluding hydrogens is 270 g/mol. The standard InChI is InChI=1S/C14H13N5O2/c15-8-11-3-4-12(21-11)14(20)18-10-2-5-13(16-9-10)19-7-1-6-17-19/h1-7,9H,8,15H2,(H,18,20). The van der Waals surface area contributed by atoms with Crippen LogP contribution in [0.25, 0.3) is 5.82 Å². The van der Waals surface area contributed by atoms with Gasteiger partial charge in [-0.25, -0.2) is 9.67 Å². The van der Waals surface area contributed by atoms with Crippen molar-refractivity contribution in [1.82, 2.24) is 14.8 Å². The van der Waals surface area contributed by atoms with E-state index in [1.807, 2.05) is 6.07 Å². The van der Waals surface area contributed by atoms with E-state index in [-0.39, 0.29) is 18.2 Å². The van der Waals surface area contributed by atoms with Crippen molar-refractivity contribution in [2.24, 2.45) is 5.73 Å². The molecule has 0 aliphatic rings. The quantitative estimate of drug-likeness (QED) is 0.757. The van der Waals surface area contributed by atoms with Crippen molar-refractivity contribution in [3.8, 4) is 5.82 Å². The van der Waals surface area contributed by atoms with E-state index in [4.69, 9.17) is 10.2 Å². The van der Waals surface area contributed by atoms with Crippen LogP contribution >= 0.6 is 0 Å². The van der Waals surface area contributed by atoms with Crippen LogP contribution in [-0.4, -0.2) is 20.7 Å². The summed E-state index contributed by atoms with van der Waals surface area (Å²) in [4.78, 5) is 16.2. The highest BCUT2D eigenvalue weighted by atomic mass is 16.4. The minimum Gasteiger partial charge on any atom is -0.455 e. The van der Waals surface area contributed by atoms with Gasteiger partial charge in [-0.2, -0.15) is 5.10 Å². The molecule has 3 rings (SSSR count). The van der Waals surface area contributed by atoms with Crippen LogP contribution in [0.3, 0.4) is 0 Å². The van der Waals surface area contributed by atoms with Gasteiger partial charge in [0.15, 0.2) is 11.6 Å². The molecule has 0 aliphatic heterocycles. The van der Waals surface area contributed by atoms with Crippen molar-refractivity contribution in [1.29, 1.82) is 0 Å². The molecule has 0 spiro atoms. The fourth-order valence-corrected chi connectivity index (χ4v) is 1.80. The van der Waals surface area contributed by atoms with Gasteiger partial charge in [0.2, 0.25) is 0 Å². The first-order valence-corrected chi connectivity index (χ1v) is 6.32. The Hall–Kier alpha value is -2.93. The summed E-state index contributed by atoms with van der Waals surface area (Å²) in [6.07, 6.45) is 5.02. The molecule has 0 unspecified atom stereocenters. The summed E-state index contributed by atoms with van der Waals surface area (Å²) in [7, 11) is 0. The zero-order valence-corrected chi connectivity index (χ0v) is 11.1. The van der Waals surface area contributed by atoms with Gasteiger partial charge >= 0.3 is 0 Å². The molecule has 7 nitrogen and oxygen atoms in total. The van der Waals surface area contributed by atoms with Crippen LogP contribution in [0, 0.1) is 0 Å². The zero-order chi connectivity index (χ0) is 14.7. The summed E-state index contributed by atoms with van der Waals surface area (Å²) in [5.74, 6) is 1.10. The molecule has 0 saturated carbocycles. The highest BCUT2D eigenvalue weighted by Gasteiger charge is 2.11. The van der Waals surface area contributed by atoms with E-state index in [2.05, 4.69) is 15.4 Å².